The normalized spacial score (nSPS) is 7.54. The molecule has 0 fully saturated rings. The quantitative estimate of drug-likeness (QED) is 0.546. The van der Waals surface area contributed by atoms with Gasteiger partial charge in [0.05, 0.1) is 24.1 Å². The first-order valence-electron chi connectivity index (χ1n) is 3.59. The summed E-state index contributed by atoms with van der Waals surface area (Å²) in [7, 11) is 0. The van der Waals surface area contributed by atoms with Gasteiger partial charge in [-0.25, -0.2) is 4.98 Å². The molecule has 60 valence electrons. The summed E-state index contributed by atoms with van der Waals surface area (Å²) in [6, 6.07) is 7.08. The molecule has 1 heterocycles. The van der Waals surface area contributed by atoms with Crippen LogP contribution >= 0.6 is 0 Å². The van der Waals surface area contributed by atoms with Crippen LogP contribution in [0.25, 0.3) is 0 Å². The Morgan fingerprint density at radius 1 is 1.38 bits per heavy atom. The molecule has 0 aliphatic rings. The van der Waals surface area contributed by atoms with Gasteiger partial charge in [-0.15, -0.1) is 0 Å². The summed E-state index contributed by atoms with van der Waals surface area (Å²) in [6.07, 6.45) is 1.70. The van der Waals surface area contributed by atoms with Crippen molar-refractivity contribution in [2.45, 2.75) is 6.42 Å². The fraction of sp³-hybridized carbons (Fsp3) is 0.100. The average Bonchev–Trinajstić information content (AvgIpc) is 2.19. The van der Waals surface area contributed by atoms with Gasteiger partial charge in [-0.3, -0.25) is 0 Å². The van der Waals surface area contributed by atoms with Crippen LogP contribution in [0.1, 0.15) is 17.7 Å². The lowest BCUT2D eigenvalue weighted by Gasteiger charge is -1.88. The summed E-state index contributed by atoms with van der Waals surface area (Å²) in [6.45, 7) is 0. The van der Waals surface area contributed by atoms with E-state index in [0.717, 1.165) is 0 Å². The van der Waals surface area contributed by atoms with Crippen LogP contribution in [0.5, 0.6) is 0 Å². The van der Waals surface area contributed by atoms with E-state index in [1.54, 1.807) is 12.1 Å². The Morgan fingerprint density at radius 3 is 2.92 bits per heavy atom. The molecule has 1 aromatic rings. The summed E-state index contributed by atoms with van der Waals surface area (Å²) in [5, 5.41) is 16.8. The Bertz CT molecular complexity index is 438. The van der Waals surface area contributed by atoms with Crippen LogP contribution in [0.2, 0.25) is 0 Å². The first-order chi connectivity index (χ1) is 6.36. The van der Waals surface area contributed by atoms with Crippen LogP contribution < -0.4 is 0 Å². The molecule has 0 N–H and O–H groups in total. The lowest BCUT2D eigenvalue weighted by Crippen LogP contribution is -1.82. The van der Waals surface area contributed by atoms with Gasteiger partial charge in [-0.1, -0.05) is 5.92 Å². The van der Waals surface area contributed by atoms with Gasteiger partial charge in [-0.05, 0) is 18.1 Å². The minimum absolute atomic E-state index is 0.179. The molecular weight excluding hydrogens is 162 g/mol. The van der Waals surface area contributed by atoms with Crippen molar-refractivity contribution in [1.29, 1.82) is 10.5 Å². The van der Waals surface area contributed by atoms with E-state index >= 15 is 0 Å². The molecule has 0 saturated heterocycles. The molecule has 1 aromatic heterocycles. The molecule has 0 spiro atoms. The van der Waals surface area contributed by atoms with Crippen LogP contribution in [-0.4, -0.2) is 4.98 Å². The molecule has 13 heavy (non-hydrogen) atoms. The van der Waals surface area contributed by atoms with Crippen LogP contribution in [0.3, 0.4) is 0 Å². The molecule has 0 atom stereocenters. The van der Waals surface area contributed by atoms with Gasteiger partial charge in [0.25, 0.3) is 0 Å². The van der Waals surface area contributed by atoms with E-state index in [1.165, 1.54) is 6.20 Å². The zero-order chi connectivity index (χ0) is 9.52. The second kappa shape index (κ2) is 4.54. The predicted molar refractivity (Wildman–Crippen MR) is 46.1 cm³/mol. The standard InChI is InChI=1S/C10H5N3/c11-5-2-1-3-10-7-9(8-12)4-6-13-10/h4,6-7H,2H2. The smallest absolute Gasteiger partial charge is 0.114 e. The number of rotatable bonds is 0. The van der Waals surface area contributed by atoms with Crippen molar-refractivity contribution < 1.29 is 0 Å². The summed E-state index contributed by atoms with van der Waals surface area (Å²) in [5.74, 6) is 5.31. The maximum Gasteiger partial charge on any atom is 0.114 e. The van der Waals surface area contributed by atoms with Crippen molar-refractivity contribution in [3.63, 3.8) is 0 Å². The number of hydrogen-bond acceptors (Lipinski definition) is 3. The number of nitriles is 2. The highest BCUT2D eigenvalue weighted by atomic mass is 14.6. The highest BCUT2D eigenvalue weighted by molar-refractivity contribution is 5.36. The highest BCUT2D eigenvalue weighted by Crippen LogP contribution is 1.97. The van der Waals surface area contributed by atoms with Gasteiger partial charge >= 0.3 is 0 Å². The number of pyridine rings is 1. The van der Waals surface area contributed by atoms with Gasteiger partial charge in [0, 0.05) is 6.20 Å². The average molecular weight is 167 g/mol. The van der Waals surface area contributed by atoms with Gasteiger partial charge in [-0.2, -0.15) is 10.5 Å². The fourth-order valence-electron chi connectivity index (χ4n) is 0.743. The van der Waals surface area contributed by atoms with E-state index in [1.807, 2.05) is 12.1 Å². The van der Waals surface area contributed by atoms with E-state index in [-0.39, 0.29) is 6.42 Å². The summed E-state index contributed by atoms with van der Waals surface area (Å²) < 4.78 is 0. The monoisotopic (exact) mass is 167 g/mol. The van der Waals surface area contributed by atoms with E-state index < -0.39 is 0 Å². The van der Waals surface area contributed by atoms with Crippen molar-refractivity contribution in [2.24, 2.45) is 0 Å². The van der Waals surface area contributed by atoms with E-state index in [9.17, 15) is 0 Å². The zero-order valence-electron chi connectivity index (χ0n) is 6.78. The van der Waals surface area contributed by atoms with Crippen molar-refractivity contribution in [2.75, 3.05) is 0 Å². The second-order valence-corrected chi connectivity index (χ2v) is 2.18. The van der Waals surface area contributed by atoms with E-state index in [2.05, 4.69) is 16.8 Å². The molecule has 0 aliphatic carbocycles. The topological polar surface area (TPSA) is 60.5 Å². The first-order valence-corrected chi connectivity index (χ1v) is 3.59. The summed E-state index contributed by atoms with van der Waals surface area (Å²) in [4.78, 5) is 3.93. The molecule has 3 heteroatoms. The molecule has 0 aromatic carbocycles. The van der Waals surface area contributed by atoms with Crippen LogP contribution in [0.4, 0.5) is 0 Å². The minimum Gasteiger partial charge on any atom is -0.248 e. The Morgan fingerprint density at radius 2 is 2.23 bits per heavy atom. The maximum atomic E-state index is 8.56. The molecular formula is C10H5N3. The largest absolute Gasteiger partial charge is 0.248 e. The van der Waals surface area contributed by atoms with Gasteiger partial charge in [0.2, 0.25) is 0 Å². The third-order valence-corrected chi connectivity index (χ3v) is 1.27. The fourth-order valence-corrected chi connectivity index (χ4v) is 0.743. The lowest BCUT2D eigenvalue weighted by atomic mass is 10.2. The van der Waals surface area contributed by atoms with Crippen molar-refractivity contribution in [1.82, 2.24) is 4.98 Å². The molecule has 0 amide bonds. The minimum atomic E-state index is 0.179. The lowest BCUT2D eigenvalue weighted by molar-refractivity contribution is 1.27. The molecule has 1 rings (SSSR count). The highest BCUT2D eigenvalue weighted by Gasteiger charge is 1.90. The second-order valence-electron chi connectivity index (χ2n) is 2.18. The van der Waals surface area contributed by atoms with Gasteiger partial charge in [0.15, 0.2) is 0 Å². The van der Waals surface area contributed by atoms with Crippen molar-refractivity contribution in [3.05, 3.63) is 29.6 Å². The number of aromatic nitrogens is 1. The Labute approximate surface area is 76.3 Å². The molecule has 0 bridgehead atoms. The SMILES string of the molecule is N#CCC#Cc1cc(C#N)ccn1. The molecule has 0 aliphatic heterocycles. The number of hydrogen-bond donors (Lipinski definition) is 0. The summed E-state index contributed by atoms with van der Waals surface area (Å²) >= 11 is 0. The third kappa shape index (κ3) is 2.66. The zero-order valence-corrected chi connectivity index (χ0v) is 6.78. The van der Waals surface area contributed by atoms with Gasteiger partial charge < -0.3 is 0 Å². The first kappa shape index (κ1) is 8.78. The third-order valence-electron chi connectivity index (χ3n) is 1.27. The molecule has 0 saturated carbocycles. The Balaban J connectivity index is 2.88. The molecule has 3 nitrogen and oxygen atoms in total. The van der Waals surface area contributed by atoms with E-state index in [0.29, 0.717) is 11.3 Å². The van der Waals surface area contributed by atoms with Crippen molar-refractivity contribution >= 4 is 0 Å². The van der Waals surface area contributed by atoms with Gasteiger partial charge in [0.1, 0.15) is 5.69 Å². The summed E-state index contributed by atoms with van der Waals surface area (Å²) in [5.41, 5.74) is 1.05. The van der Waals surface area contributed by atoms with Crippen LogP contribution in [0.15, 0.2) is 18.3 Å². The number of nitrogens with zero attached hydrogens (tertiary/aromatic N) is 3. The molecule has 0 radical (unpaired) electrons. The Kier molecular flexibility index (Phi) is 3.07. The van der Waals surface area contributed by atoms with Crippen LogP contribution in [-0.2, 0) is 0 Å². The predicted octanol–water partition coefficient (Wildman–Crippen LogP) is 1.22. The van der Waals surface area contributed by atoms with Crippen molar-refractivity contribution in [3.8, 4) is 24.0 Å². The Hall–Kier alpha value is -2.31. The van der Waals surface area contributed by atoms with Crippen LogP contribution in [0, 0.1) is 34.5 Å². The molecule has 0 unspecified atom stereocenters. The van der Waals surface area contributed by atoms with E-state index in [4.69, 9.17) is 10.5 Å². The maximum absolute atomic E-state index is 8.56.